The predicted molar refractivity (Wildman–Crippen MR) is 78.1 cm³/mol. The second-order valence-electron chi connectivity index (χ2n) is 5.27. The molecule has 112 valence electrons. The Hall–Kier alpha value is -1.75. The minimum Gasteiger partial charge on any atom is -0.493 e. The van der Waals surface area contributed by atoms with Gasteiger partial charge in [0.15, 0.2) is 18.0 Å². The van der Waals surface area contributed by atoms with E-state index in [0.717, 1.165) is 28.3 Å². The van der Waals surface area contributed by atoms with E-state index in [9.17, 15) is 4.79 Å². The number of amides is 1. The van der Waals surface area contributed by atoms with Crippen LogP contribution in [-0.2, 0) is 11.3 Å². The zero-order valence-corrected chi connectivity index (χ0v) is 12.9. The first kappa shape index (κ1) is 16.3. The second-order valence-corrected chi connectivity index (χ2v) is 5.27. The summed E-state index contributed by atoms with van der Waals surface area (Å²) in [5.74, 6) is 1.14. The molecule has 0 spiro atoms. The van der Waals surface area contributed by atoms with Crippen LogP contribution in [0.1, 0.15) is 25.0 Å². The van der Waals surface area contributed by atoms with Crippen LogP contribution in [0.4, 0.5) is 0 Å². The topological polar surface area (TPSA) is 66.0 Å². The van der Waals surface area contributed by atoms with Gasteiger partial charge in [-0.1, -0.05) is 0 Å². The molecular weight excluding hydrogens is 256 g/mol. The lowest BCUT2D eigenvalue weighted by molar-refractivity contribution is -0.927. The molecule has 0 saturated heterocycles. The quantitative estimate of drug-likeness (QED) is 0.755. The molecule has 0 heterocycles. The molecular formula is C15H25N2O3+. The smallest absolute Gasteiger partial charge is 0.272 e. The fourth-order valence-corrected chi connectivity index (χ4v) is 2.15. The predicted octanol–water partition coefficient (Wildman–Crippen LogP) is 0.291. The number of rotatable bonds is 7. The van der Waals surface area contributed by atoms with Crippen LogP contribution in [0, 0.1) is 6.92 Å². The molecule has 5 nitrogen and oxygen atoms in total. The van der Waals surface area contributed by atoms with E-state index in [2.05, 4.69) is 13.8 Å². The highest BCUT2D eigenvalue weighted by atomic mass is 16.5. The summed E-state index contributed by atoms with van der Waals surface area (Å²) >= 11 is 0. The number of carbonyl (C=O) groups excluding carboxylic acids is 1. The number of ether oxygens (including phenoxy) is 2. The highest BCUT2D eigenvalue weighted by Gasteiger charge is 2.19. The SMILES string of the molecule is COc1cc(C)c(C[NH+](CC(N)=O)C(C)C)cc1OC. The van der Waals surface area contributed by atoms with Gasteiger partial charge in [-0.25, -0.2) is 0 Å². The van der Waals surface area contributed by atoms with Gasteiger partial charge in [0.05, 0.1) is 20.3 Å². The Morgan fingerprint density at radius 2 is 1.80 bits per heavy atom. The zero-order valence-electron chi connectivity index (χ0n) is 12.9. The number of primary amides is 1. The largest absolute Gasteiger partial charge is 0.493 e. The maximum atomic E-state index is 11.2. The Balaban J connectivity index is 3.03. The number of aryl methyl sites for hydroxylation is 1. The molecule has 0 fully saturated rings. The number of benzene rings is 1. The summed E-state index contributed by atoms with van der Waals surface area (Å²) in [5.41, 5.74) is 7.57. The van der Waals surface area contributed by atoms with Gasteiger partial charge in [0, 0.05) is 5.56 Å². The summed E-state index contributed by atoms with van der Waals surface area (Å²) in [6, 6.07) is 4.24. The lowest BCUT2D eigenvalue weighted by Gasteiger charge is -2.23. The average molecular weight is 281 g/mol. The van der Waals surface area contributed by atoms with Gasteiger partial charge < -0.3 is 20.1 Å². The highest BCUT2D eigenvalue weighted by Crippen LogP contribution is 2.29. The second kappa shape index (κ2) is 7.14. The Kier molecular flexibility index (Phi) is 5.82. The number of nitrogens with two attached hydrogens (primary N) is 1. The van der Waals surface area contributed by atoms with Crippen molar-refractivity contribution in [2.45, 2.75) is 33.4 Å². The van der Waals surface area contributed by atoms with Crippen LogP contribution in [-0.4, -0.2) is 32.7 Å². The molecule has 0 radical (unpaired) electrons. The zero-order chi connectivity index (χ0) is 15.3. The van der Waals surface area contributed by atoms with E-state index in [-0.39, 0.29) is 5.91 Å². The molecule has 1 amide bonds. The van der Waals surface area contributed by atoms with Crippen LogP contribution in [0.2, 0.25) is 0 Å². The third kappa shape index (κ3) is 4.13. The summed E-state index contributed by atoms with van der Waals surface area (Å²) < 4.78 is 10.6. The van der Waals surface area contributed by atoms with Crippen LogP contribution < -0.4 is 20.1 Å². The molecule has 1 atom stereocenters. The van der Waals surface area contributed by atoms with Gasteiger partial charge in [-0.15, -0.1) is 0 Å². The normalized spacial score (nSPS) is 12.3. The Morgan fingerprint density at radius 1 is 1.25 bits per heavy atom. The van der Waals surface area contributed by atoms with Crippen molar-refractivity contribution >= 4 is 5.91 Å². The summed E-state index contributed by atoms with van der Waals surface area (Å²) in [4.78, 5) is 12.3. The summed E-state index contributed by atoms with van der Waals surface area (Å²) in [6.07, 6.45) is 0. The van der Waals surface area contributed by atoms with Gasteiger partial charge in [0.1, 0.15) is 6.54 Å². The Labute approximate surface area is 120 Å². The first-order valence-corrected chi connectivity index (χ1v) is 6.73. The molecule has 5 heteroatoms. The van der Waals surface area contributed by atoms with Crippen LogP contribution in [0.25, 0.3) is 0 Å². The molecule has 0 aliphatic heterocycles. The monoisotopic (exact) mass is 281 g/mol. The standard InChI is InChI=1S/C15H24N2O3/c1-10(2)17(9-15(16)18)8-12-7-14(20-5)13(19-4)6-11(12)3/h6-7,10H,8-9H2,1-5H3,(H2,16,18)/p+1. The summed E-state index contributed by atoms with van der Waals surface area (Å²) in [6.45, 7) is 7.24. The van der Waals surface area contributed by atoms with Crippen molar-refractivity contribution in [2.75, 3.05) is 20.8 Å². The van der Waals surface area contributed by atoms with Gasteiger partial charge in [-0.05, 0) is 38.5 Å². The third-order valence-corrected chi connectivity index (χ3v) is 3.48. The molecule has 0 aliphatic carbocycles. The fourth-order valence-electron chi connectivity index (χ4n) is 2.15. The van der Waals surface area contributed by atoms with E-state index in [0.29, 0.717) is 18.3 Å². The maximum absolute atomic E-state index is 11.2. The highest BCUT2D eigenvalue weighted by molar-refractivity contribution is 5.74. The molecule has 0 aromatic heterocycles. The first-order chi connectivity index (χ1) is 9.38. The molecule has 1 aromatic carbocycles. The number of nitrogens with one attached hydrogen (secondary N) is 1. The fraction of sp³-hybridized carbons (Fsp3) is 0.533. The molecule has 20 heavy (non-hydrogen) atoms. The number of hydrogen-bond acceptors (Lipinski definition) is 3. The van der Waals surface area contributed by atoms with Crippen molar-refractivity contribution in [3.8, 4) is 11.5 Å². The van der Waals surface area contributed by atoms with E-state index in [1.165, 1.54) is 0 Å². The van der Waals surface area contributed by atoms with E-state index in [4.69, 9.17) is 15.2 Å². The van der Waals surface area contributed by atoms with E-state index >= 15 is 0 Å². The molecule has 0 saturated carbocycles. The summed E-state index contributed by atoms with van der Waals surface area (Å²) in [5, 5.41) is 0. The van der Waals surface area contributed by atoms with Crippen molar-refractivity contribution in [1.82, 2.24) is 0 Å². The van der Waals surface area contributed by atoms with Crippen LogP contribution >= 0.6 is 0 Å². The van der Waals surface area contributed by atoms with Gasteiger partial charge in [0.2, 0.25) is 0 Å². The van der Waals surface area contributed by atoms with Crippen LogP contribution in [0.15, 0.2) is 12.1 Å². The lowest BCUT2D eigenvalue weighted by atomic mass is 10.1. The minimum absolute atomic E-state index is 0.285. The lowest BCUT2D eigenvalue weighted by Crippen LogP contribution is -3.14. The Morgan fingerprint density at radius 3 is 2.25 bits per heavy atom. The number of methoxy groups -OCH3 is 2. The summed E-state index contributed by atoms with van der Waals surface area (Å²) in [7, 11) is 3.24. The average Bonchev–Trinajstić information content (AvgIpc) is 2.38. The molecule has 1 aromatic rings. The van der Waals surface area contributed by atoms with E-state index in [1.54, 1.807) is 14.2 Å². The van der Waals surface area contributed by atoms with Gasteiger partial charge in [0.25, 0.3) is 5.91 Å². The van der Waals surface area contributed by atoms with Crippen molar-refractivity contribution < 1.29 is 19.2 Å². The van der Waals surface area contributed by atoms with Crippen LogP contribution in [0.5, 0.6) is 11.5 Å². The Bertz CT molecular complexity index is 472. The molecule has 1 unspecified atom stereocenters. The van der Waals surface area contributed by atoms with Crippen molar-refractivity contribution in [2.24, 2.45) is 5.73 Å². The molecule has 0 bridgehead atoms. The van der Waals surface area contributed by atoms with E-state index in [1.807, 2.05) is 19.1 Å². The van der Waals surface area contributed by atoms with E-state index < -0.39 is 0 Å². The van der Waals surface area contributed by atoms with Crippen molar-refractivity contribution in [3.63, 3.8) is 0 Å². The number of quaternary nitrogens is 1. The van der Waals surface area contributed by atoms with Crippen molar-refractivity contribution in [3.05, 3.63) is 23.3 Å². The number of hydrogen-bond donors (Lipinski definition) is 2. The maximum Gasteiger partial charge on any atom is 0.272 e. The van der Waals surface area contributed by atoms with Gasteiger partial charge in [-0.3, -0.25) is 4.79 Å². The molecule has 0 aliphatic rings. The van der Waals surface area contributed by atoms with Gasteiger partial charge >= 0.3 is 0 Å². The van der Waals surface area contributed by atoms with Gasteiger partial charge in [-0.2, -0.15) is 0 Å². The minimum atomic E-state index is -0.285. The van der Waals surface area contributed by atoms with Crippen molar-refractivity contribution in [1.29, 1.82) is 0 Å². The van der Waals surface area contributed by atoms with Crippen LogP contribution in [0.3, 0.4) is 0 Å². The number of carbonyl (C=O) groups is 1. The molecule has 1 rings (SSSR count). The first-order valence-electron chi connectivity index (χ1n) is 6.73. The third-order valence-electron chi connectivity index (χ3n) is 3.48. The molecule has 3 N–H and O–H groups in total.